The zero-order valence-corrected chi connectivity index (χ0v) is 8.17. The predicted octanol–water partition coefficient (Wildman–Crippen LogP) is 1.53. The third kappa shape index (κ3) is 2.75. The molecular weight excluding hydrogens is 181 g/mol. The van der Waals surface area contributed by atoms with Crippen molar-refractivity contribution in [2.75, 3.05) is 7.11 Å². The Bertz CT molecular complexity index is 377. The normalized spacial score (nSPS) is 11.4. The molecule has 0 heterocycles. The van der Waals surface area contributed by atoms with Gasteiger partial charge in [-0.05, 0) is 25.1 Å². The van der Waals surface area contributed by atoms with Crippen LogP contribution in [0.3, 0.4) is 0 Å². The predicted molar refractivity (Wildman–Crippen MR) is 53.5 cm³/mol. The first-order valence-electron chi connectivity index (χ1n) is 4.24. The maximum Gasteiger partial charge on any atom is 0.166 e. The van der Waals surface area contributed by atoms with Crippen LogP contribution in [0.15, 0.2) is 18.2 Å². The Balaban J connectivity index is 2.94. The van der Waals surface area contributed by atoms with Gasteiger partial charge in [0.15, 0.2) is 11.6 Å². The molecule has 0 aliphatic heterocycles. The van der Waals surface area contributed by atoms with E-state index in [4.69, 9.17) is 10.5 Å². The highest BCUT2D eigenvalue weighted by Gasteiger charge is 2.01. The summed E-state index contributed by atoms with van der Waals surface area (Å²) in [5.74, 6) is 5.32. The molecule has 1 aromatic carbocycles. The Labute approximate surface area is 82.9 Å². The van der Waals surface area contributed by atoms with Gasteiger partial charge in [-0.25, -0.2) is 4.39 Å². The van der Waals surface area contributed by atoms with E-state index in [1.54, 1.807) is 19.1 Å². The van der Waals surface area contributed by atoms with E-state index in [9.17, 15) is 4.39 Å². The molecule has 2 N–H and O–H groups in total. The first-order valence-corrected chi connectivity index (χ1v) is 4.24. The summed E-state index contributed by atoms with van der Waals surface area (Å²) in [5, 5.41) is 0. The monoisotopic (exact) mass is 193 g/mol. The minimum atomic E-state index is -0.413. The van der Waals surface area contributed by atoms with Gasteiger partial charge < -0.3 is 10.5 Å². The summed E-state index contributed by atoms with van der Waals surface area (Å²) in [5.41, 5.74) is 6.04. The fraction of sp³-hybridized carbons (Fsp3) is 0.273. The lowest BCUT2D eigenvalue weighted by molar-refractivity contribution is 0.386. The number of ether oxygens (including phenoxy) is 1. The Kier molecular flexibility index (Phi) is 3.49. The molecule has 1 unspecified atom stereocenters. The van der Waals surface area contributed by atoms with Gasteiger partial charge in [0, 0.05) is 5.56 Å². The van der Waals surface area contributed by atoms with Crippen LogP contribution in [0, 0.1) is 17.7 Å². The van der Waals surface area contributed by atoms with Gasteiger partial charge >= 0.3 is 0 Å². The van der Waals surface area contributed by atoms with Crippen LogP contribution in [-0.4, -0.2) is 13.2 Å². The highest BCUT2D eigenvalue weighted by atomic mass is 19.1. The summed E-state index contributed by atoms with van der Waals surface area (Å²) in [7, 11) is 1.42. The molecule has 3 heteroatoms. The van der Waals surface area contributed by atoms with Crippen molar-refractivity contribution in [2.24, 2.45) is 5.73 Å². The maximum atomic E-state index is 13.2. The first kappa shape index (κ1) is 10.6. The van der Waals surface area contributed by atoms with Crippen LogP contribution in [0.2, 0.25) is 0 Å². The van der Waals surface area contributed by atoms with E-state index in [-0.39, 0.29) is 11.8 Å². The summed E-state index contributed by atoms with van der Waals surface area (Å²) in [4.78, 5) is 0. The molecule has 0 aliphatic rings. The fourth-order valence-electron chi connectivity index (χ4n) is 0.941. The molecular formula is C11H12FNO. The lowest BCUT2D eigenvalue weighted by Gasteiger charge is -2.00. The Morgan fingerprint density at radius 3 is 2.71 bits per heavy atom. The van der Waals surface area contributed by atoms with Gasteiger partial charge in [-0.15, -0.1) is 0 Å². The molecule has 0 saturated carbocycles. The van der Waals surface area contributed by atoms with Crippen molar-refractivity contribution < 1.29 is 9.13 Å². The van der Waals surface area contributed by atoms with Gasteiger partial charge in [0.1, 0.15) is 0 Å². The molecule has 1 rings (SSSR count). The molecule has 0 aromatic heterocycles. The Morgan fingerprint density at radius 1 is 1.50 bits per heavy atom. The van der Waals surface area contributed by atoms with Crippen molar-refractivity contribution >= 4 is 0 Å². The van der Waals surface area contributed by atoms with Crippen LogP contribution in [-0.2, 0) is 0 Å². The Morgan fingerprint density at radius 2 is 2.21 bits per heavy atom. The van der Waals surface area contributed by atoms with Crippen LogP contribution in [0.1, 0.15) is 12.5 Å². The molecule has 0 amide bonds. The number of hydrogen-bond acceptors (Lipinski definition) is 2. The van der Waals surface area contributed by atoms with E-state index in [0.717, 1.165) is 0 Å². The molecule has 1 atom stereocenters. The standard InChI is InChI=1S/C11H12FNO/c1-8(13)3-4-9-5-6-11(14-2)10(12)7-9/h5-8H,13H2,1-2H3. The summed E-state index contributed by atoms with van der Waals surface area (Å²) < 4.78 is 17.9. The van der Waals surface area contributed by atoms with Gasteiger partial charge in [0.2, 0.25) is 0 Å². The van der Waals surface area contributed by atoms with Gasteiger partial charge in [0.05, 0.1) is 13.2 Å². The number of rotatable bonds is 1. The van der Waals surface area contributed by atoms with Crippen molar-refractivity contribution in [3.8, 4) is 17.6 Å². The zero-order chi connectivity index (χ0) is 10.6. The highest BCUT2D eigenvalue weighted by Crippen LogP contribution is 2.16. The fourth-order valence-corrected chi connectivity index (χ4v) is 0.941. The SMILES string of the molecule is COc1ccc(C#CC(C)N)cc1F. The summed E-state index contributed by atoms with van der Waals surface area (Å²) >= 11 is 0. The molecule has 0 saturated heterocycles. The maximum absolute atomic E-state index is 13.2. The molecule has 1 aromatic rings. The summed E-state index contributed by atoms with van der Waals surface area (Å²) in [6.07, 6.45) is 0. The van der Waals surface area contributed by atoms with E-state index >= 15 is 0 Å². The van der Waals surface area contributed by atoms with Crippen LogP contribution < -0.4 is 10.5 Å². The van der Waals surface area contributed by atoms with E-state index in [1.165, 1.54) is 13.2 Å². The third-order valence-corrected chi connectivity index (χ3v) is 1.60. The molecule has 2 nitrogen and oxygen atoms in total. The first-order chi connectivity index (χ1) is 6.63. The van der Waals surface area contributed by atoms with Gasteiger partial charge in [0.25, 0.3) is 0 Å². The molecule has 74 valence electrons. The number of benzene rings is 1. The molecule has 14 heavy (non-hydrogen) atoms. The average Bonchev–Trinajstić information content (AvgIpc) is 2.15. The van der Waals surface area contributed by atoms with Crippen molar-refractivity contribution in [3.05, 3.63) is 29.6 Å². The van der Waals surface area contributed by atoms with Crippen LogP contribution >= 0.6 is 0 Å². The van der Waals surface area contributed by atoms with E-state index in [2.05, 4.69) is 11.8 Å². The number of halogens is 1. The van der Waals surface area contributed by atoms with Gasteiger partial charge in [-0.1, -0.05) is 11.8 Å². The number of nitrogens with two attached hydrogens (primary N) is 1. The molecule has 0 aliphatic carbocycles. The molecule has 0 spiro atoms. The van der Waals surface area contributed by atoms with E-state index < -0.39 is 5.82 Å². The van der Waals surface area contributed by atoms with Crippen molar-refractivity contribution in [1.29, 1.82) is 0 Å². The van der Waals surface area contributed by atoms with Gasteiger partial charge in [-0.2, -0.15) is 0 Å². The lowest BCUT2D eigenvalue weighted by atomic mass is 10.2. The molecule has 0 bridgehead atoms. The van der Waals surface area contributed by atoms with Crippen molar-refractivity contribution in [2.45, 2.75) is 13.0 Å². The second-order valence-electron chi connectivity index (χ2n) is 2.91. The quantitative estimate of drug-likeness (QED) is 0.686. The summed E-state index contributed by atoms with van der Waals surface area (Å²) in [6, 6.07) is 4.35. The molecule has 0 radical (unpaired) electrons. The second-order valence-corrected chi connectivity index (χ2v) is 2.91. The van der Waals surface area contributed by atoms with Crippen LogP contribution in [0.5, 0.6) is 5.75 Å². The molecule has 0 fully saturated rings. The highest BCUT2D eigenvalue weighted by molar-refractivity contribution is 5.39. The van der Waals surface area contributed by atoms with Gasteiger partial charge in [-0.3, -0.25) is 0 Å². The summed E-state index contributed by atoms with van der Waals surface area (Å²) in [6.45, 7) is 1.77. The number of methoxy groups -OCH3 is 1. The second kappa shape index (κ2) is 4.64. The average molecular weight is 193 g/mol. The number of hydrogen-bond donors (Lipinski definition) is 1. The zero-order valence-electron chi connectivity index (χ0n) is 8.17. The van der Waals surface area contributed by atoms with E-state index in [0.29, 0.717) is 5.56 Å². The minimum absolute atomic E-state index is 0.208. The smallest absolute Gasteiger partial charge is 0.166 e. The van der Waals surface area contributed by atoms with Crippen LogP contribution in [0.25, 0.3) is 0 Å². The van der Waals surface area contributed by atoms with Crippen molar-refractivity contribution in [3.63, 3.8) is 0 Å². The third-order valence-electron chi connectivity index (χ3n) is 1.60. The van der Waals surface area contributed by atoms with E-state index in [1.807, 2.05) is 0 Å². The van der Waals surface area contributed by atoms with Crippen LogP contribution in [0.4, 0.5) is 4.39 Å². The van der Waals surface area contributed by atoms with Crippen molar-refractivity contribution in [1.82, 2.24) is 0 Å². The minimum Gasteiger partial charge on any atom is -0.494 e. The lowest BCUT2D eigenvalue weighted by Crippen LogP contribution is -2.10. The topological polar surface area (TPSA) is 35.2 Å². The largest absolute Gasteiger partial charge is 0.494 e. The Hall–Kier alpha value is -1.53.